The molecule has 0 spiro atoms. The molecule has 0 saturated heterocycles. The van der Waals surface area contributed by atoms with Crippen molar-refractivity contribution in [3.63, 3.8) is 0 Å². The summed E-state index contributed by atoms with van der Waals surface area (Å²) in [5.74, 6) is 0. The molecule has 0 radical (unpaired) electrons. The number of nitriles is 1. The number of nitrogens with zero attached hydrogens (tertiary/aromatic N) is 1. The molecule has 1 aromatic heterocycles. The van der Waals surface area contributed by atoms with Crippen LogP contribution in [0.1, 0.15) is 17.6 Å². The molecule has 68 valence electrons. The predicted molar refractivity (Wildman–Crippen MR) is 49.5 cm³/mol. The topological polar surface area (TPSA) is 56.6 Å². The standard InChI is InChI=1S/C7H3F2IN2O/c8-6(9)5-3(2-11)1-4(10)12-7(5)13/h1,6H,(H,12,13). The van der Waals surface area contributed by atoms with Crippen LogP contribution >= 0.6 is 22.6 Å². The van der Waals surface area contributed by atoms with Crippen molar-refractivity contribution >= 4 is 22.6 Å². The van der Waals surface area contributed by atoms with Gasteiger partial charge in [-0.05, 0) is 28.7 Å². The Hall–Kier alpha value is -0.970. The third kappa shape index (κ3) is 2.03. The molecule has 0 aromatic carbocycles. The van der Waals surface area contributed by atoms with Crippen molar-refractivity contribution in [1.82, 2.24) is 4.98 Å². The van der Waals surface area contributed by atoms with Crippen LogP contribution in [0.4, 0.5) is 8.78 Å². The highest BCUT2D eigenvalue weighted by Gasteiger charge is 2.17. The number of aromatic nitrogens is 1. The molecule has 0 aliphatic heterocycles. The van der Waals surface area contributed by atoms with Crippen LogP contribution in [-0.4, -0.2) is 4.98 Å². The number of H-pyrrole nitrogens is 1. The van der Waals surface area contributed by atoms with E-state index in [4.69, 9.17) is 5.26 Å². The number of nitrogens with one attached hydrogen (secondary N) is 1. The number of rotatable bonds is 1. The first-order chi connectivity index (χ1) is 6.06. The minimum absolute atomic E-state index is 0.275. The van der Waals surface area contributed by atoms with E-state index in [1.807, 2.05) is 0 Å². The third-order valence-electron chi connectivity index (χ3n) is 1.38. The quantitative estimate of drug-likeness (QED) is 0.634. The van der Waals surface area contributed by atoms with Gasteiger partial charge in [0.05, 0.1) is 15.3 Å². The number of aromatic amines is 1. The van der Waals surface area contributed by atoms with E-state index in [-0.39, 0.29) is 5.56 Å². The van der Waals surface area contributed by atoms with Crippen LogP contribution in [0, 0.1) is 15.0 Å². The third-order valence-corrected chi connectivity index (χ3v) is 1.96. The molecule has 0 atom stereocenters. The summed E-state index contributed by atoms with van der Waals surface area (Å²) in [7, 11) is 0. The molecule has 13 heavy (non-hydrogen) atoms. The van der Waals surface area contributed by atoms with Gasteiger partial charge in [-0.15, -0.1) is 0 Å². The van der Waals surface area contributed by atoms with Crippen LogP contribution < -0.4 is 5.56 Å². The monoisotopic (exact) mass is 296 g/mol. The second kappa shape index (κ2) is 3.83. The normalized spacial score (nSPS) is 10.1. The molecule has 3 nitrogen and oxygen atoms in total. The fraction of sp³-hybridized carbons (Fsp3) is 0.143. The summed E-state index contributed by atoms with van der Waals surface area (Å²) in [4.78, 5) is 13.2. The Bertz CT molecular complexity index is 421. The van der Waals surface area contributed by atoms with Crippen molar-refractivity contribution < 1.29 is 8.78 Å². The molecule has 0 unspecified atom stereocenters. The summed E-state index contributed by atoms with van der Waals surface area (Å²) >= 11 is 1.74. The van der Waals surface area contributed by atoms with Gasteiger partial charge in [0.1, 0.15) is 5.56 Å². The Morgan fingerprint density at radius 1 is 1.62 bits per heavy atom. The Balaban J connectivity index is 3.51. The summed E-state index contributed by atoms with van der Waals surface area (Å²) < 4.78 is 24.8. The van der Waals surface area contributed by atoms with E-state index in [2.05, 4.69) is 4.98 Å². The average molecular weight is 296 g/mol. The Morgan fingerprint density at radius 3 is 2.69 bits per heavy atom. The molecular formula is C7H3F2IN2O. The first-order valence-electron chi connectivity index (χ1n) is 3.17. The Morgan fingerprint density at radius 2 is 2.23 bits per heavy atom. The number of hydrogen-bond acceptors (Lipinski definition) is 2. The second-order valence-electron chi connectivity index (χ2n) is 2.19. The summed E-state index contributed by atoms with van der Waals surface area (Å²) in [6.45, 7) is 0. The first-order valence-corrected chi connectivity index (χ1v) is 4.25. The van der Waals surface area contributed by atoms with Crippen LogP contribution in [0.2, 0.25) is 0 Å². The van der Waals surface area contributed by atoms with Crippen LogP contribution in [0.3, 0.4) is 0 Å². The van der Waals surface area contributed by atoms with Crippen molar-refractivity contribution in [3.05, 3.63) is 31.2 Å². The highest BCUT2D eigenvalue weighted by atomic mass is 127. The largest absolute Gasteiger partial charge is 0.317 e. The average Bonchev–Trinajstić information content (AvgIpc) is 2.01. The van der Waals surface area contributed by atoms with Gasteiger partial charge in [-0.2, -0.15) is 5.26 Å². The molecule has 6 heteroatoms. The van der Waals surface area contributed by atoms with E-state index in [1.54, 1.807) is 28.7 Å². The Labute approximate surface area is 85.5 Å². The zero-order chi connectivity index (χ0) is 10.0. The zero-order valence-electron chi connectivity index (χ0n) is 6.14. The van der Waals surface area contributed by atoms with E-state index < -0.39 is 17.5 Å². The maximum Gasteiger partial charge on any atom is 0.270 e. The highest BCUT2D eigenvalue weighted by molar-refractivity contribution is 14.1. The molecule has 0 amide bonds. The number of alkyl halides is 2. The van der Waals surface area contributed by atoms with Gasteiger partial charge < -0.3 is 4.98 Å². The lowest BCUT2D eigenvalue weighted by molar-refractivity contribution is 0.149. The van der Waals surface area contributed by atoms with Gasteiger partial charge in [0.15, 0.2) is 0 Å². The van der Waals surface area contributed by atoms with Gasteiger partial charge in [-0.1, -0.05) is 0 Å². The first kappa shape index (κ1) is 10.1. The van der Waals surface area contributed by atoms with Crippen LogP contribution in [0.15, 0.2) is 10.9 Å². The molecule has 0 fully saturated rings. The van der Waals surface area contributed by atoms with Gasteiger partial charge in [-0.3, -0.25) is 4.79 Å². The zero-order valence-corrected chi connectivity index (χ0v) is 8.30. The number of pyridine rings is 1. The highest BCUT2D eigenvalue weighted by Crippen LogP contribution is 2.18. The minimum atomic E-state index is -2.92. The fourth-order valence-corrected chi connectivity index (χ4v) is 1.40. The van der Waals surface area contributed by atoms with Crippen LogP contribution in [-0.2, 0) is 0 Å². The van der Waals surface area contributed by atoms with Gasteiger partial charge in [-0.25, -0.2) is 8.78 Å². The number of halogens is 3. The predicted octanol–water partition coefficient (Wildman–Crippen LogP) is 1.79. The summed E-state index contributed by atoms with van der Waals surface area (Å²) in [6, 6.07) is 2.77. The molecule has 0 bridgehead atoms. The molecule has 0 saturated carbocycles. The van der Waals surface area contributed by atoms with E-state index in [1.165, 1.54) is 6.07 Å². The summed E-state index contributed by atoms with van der Waals surface area (Å²) in [6.07, 6.45) is -2.92. The lowest BCUT2D eigenvalue weighted by Crippen LogP contribution is -2.16. The summed E-state index contributed by atoms with van der Waals surface area (Å²) in [5, 5.41) is 8.48. The molecule has 0 aliphatic rings. The number of hydrogen-bond donors (Lipinski definition) is 1. The maximum absolute atomic E-state index is 12.2. The molecular weight excluding hydrogens is 293 g/mol. The van der Waals surface area contributed by atoms with Gasteiger partial charge in [0, 0.05) is 0 Å². The smallest absolute Gasteiger partial charge is 0.270 e. The maximum atomic E-state index is 12.2. The molecule has 1 heterocycles. The lowest BCUT2D eigenvalue weighted by atomic mass is 10.1. The van der Waals surface area contributed by atoms with E-state index >= 15 is 0 Å². The molecule has 1 N–H and O–H groups in total. The van der Waals surface area contributed by atoms with Crippen LogP contribution in [0.5, 0.6) is 0 Å². The molecule has 0 aliphatic carbocycles. The molecule has 1 rings (SSSR count). The Kier molecular flexibility index (Phi) is 2.98. The molecule has 1 aromatic rings. The van der Waals surface area contributed by atoms with Gasteiger partial charge in [0.2, 0.25) is 0 Å². The SMILES string of the molecule is N#Cc1cc(I)[nH]c(=O)c1C(F)F. The van der Waals surface area contributed by atoms with Gasteiger partial charge >= 0.3 is 0 Å². The van der Waals surface area contributed by atoms with Crippen molar-refractivity contribution in [2.75, 3.05) is 0 Å². The van der Waals surface area contributed by atoms with Crippen molar-refractivity contribution in [1.29, 1.82) is 5.26 Å². The van der Waals surface area contributed by atoms with Crippen molar-refractivity contribution in [2.45, 2.75) is 6.43 Å². The minimum Gasteiger partial charge on any atom is -0.317 e. The van der Waals surface area contributed by atoms with Gasteiger partial charge in [0.25, 0.3) is 12.0 Å². The second-order valence-corrected chi connectivity index (χ2v) is 3.35. The van der Waals surface area contributed by atoms with E-state index in [0.717, 1.165) is 0 Å². The van der Waals surface area contributed by atoms with E-state index in [0.29, 0.717) is 3.70 Å². The lowest BCUT2D eigenvalue weighted by Gasteiger charge is -2.00. The summed E-state index contributed by atoms with van der Waals surface area (Å²) in [5.41, 5.74) is -1.94. The van der Waals surface area contributed by atoms with E-state index in [9.17, 15) is 13.6 Å². The van der Waals surface area contributed by atoms with Crippen molar-refractivity contribution in [2.24, 2.45) is 0 Å². The fourth-order valence-electron chi connectivity index (χ4n) is 0.848. The van der Waals surface area contributed by atoms with Crippen molar-refractivity contribution in [3.8, 4) is 6.07 Å². The van der Waals surface area contributed by atoms with Crippen LogP contribution in [0.25, 0.3) is 0 Å².